The molecule has 4 nitrogen and oxygen atoms in total. The maximum absolute atomic E-state index is 12.6. The Morgan fingerprint density at radius 3 is 2.52 bits per heavy atom. The topological polar surface area (TPSA) is 70.7 Å². The summed E-state index contributed by atoms with van der Waals surface area (Å²) in [6.45, 7) is 1.79. The van der Waals surface area contributed by atoms with E-state index in [4.69, 9.17) is 16.0 Å². The van der Waals surface area contributed by atoms with E-state index in [9.17, 15) is 15.0 Å². The van der Waals surface area contributed by atoms with Crippen LogP contribution in [0.3, 0.4) is 0 Å². The molecule has 3 aromatic rings. The molecule has 0 saturated carbocycles. The van der Waals surface area contributed by atoms with E-state index in [0.717, 1.165) is 5.56 Å². The van der Waals surface area contributed by atoms with Crippen molar-refractivity contribution in [1.29, 1.82) is 0 Å². The van der Waals surface area contributed by atoms with E-state index in [1.165, 1.54) is 24.5 Å². The Bertz CT molecular complexity index is 912. The third kappa shape index (κ3) is 2.23. The lowest BCUT2D eigenvalue weighted by atomic mass is 10.0. The summed E-state index contributed by atoms with van der Waals surface area (Å²) in [5, 5.41) is 19.3. The smallest absolute Gasteiger partial charge is 0.202 e. The Kier molecular flexibility index (Phi) is 3.11. The highest BCUT2D eigenvalue weighted by molar-refractivity contribution is 6.35. The van der Waals surface area contributed by atoms with Crippen molar-refractivity contribution >= 4 is 22.6 Å². The van der Waals surface area contributed by atoms with Crippen molar-refractivity contribution in [2.75, 3.05) is 0 Å². The van der Waals surface area contributed by atoms with Gasteiger partial charge >= 0.3 is 0 Å². The second kappa shape index (κ2) is 4.82. The molecule has 0 unspecified atom stereocenters. The molecule has 0 fully saturated rings. The van der Waals surface area contributed by atoms with E-state index in [1.54, 1.807) is 19.1 Å². The van der Waals surface area contributed by atoms with Gasteiger partial charge in [0.2, 0.25) is 5.43 Å². The van der Waals surface area contributed by atoms with Gasteiger partial charge in [-0.05, 0) is 36.2 Å². The van der Waals surface area contributed by atoms with Crippen LogP contribution in [0.1, 0.15) is 5.56 Å². The van der Waals surface area contributed by atoms with Crippen LogP contribution in [0.2, 0.25) is 5.02 Å². The minimum atomic E-state index is -0.282. The van der Waals surface area contributed by atoms with Crippen LogP contribution in [-0.4, -0.2) is 10.2 Å². The quantitative estimate of drug-likeness (QED) is 0.716. The Labute approximate surface area is 124 Å². The summed E-state index contributed by atoms with van der Waals surface area (Å²) in [5.74, 6) is 0.0635. The molecule has 0 saturated heterocycles. The summed E-state index contributed by atoms with van der Waals surface area (Å²) in [4.78, 5) is 12.6. The summed E-state index contributed by atoms with van der Waals surface area (Å²) < 4.78 is 5.42. The first-order valence-corrected chi connectivity index (χ1v) is 6.59. The van der Waals surface area contributed by atoms with Gasteiger partial charge in [0.05, 0.1) is 16.0 Å². The minimum Gasteiger partial charge on any atom is -0.508 e. The Morgan fingerprint density at radius 1 is 1.05 bits per heavy atom. The van der Waals surface area contributed by atoms with Crippen molar-refractivity contribution in [2.45, 2.75) is 6.92 Å². The van der Waals surface area contributed by atoms with Crippen molar-refractivity contribution in [1.82, 2.24) is 0 Å². The largest absolute Gasteiger partial charge is 0.508 e. The van der Waals surface area contributed by atoms with Crippen molar-refractivity contribution in [2.24, 2.45) is 0 Å². The van der Waals surface area contributed by atoms with Gasteiger partial charge in [-0.15, -0.1) is 0 Å². The Hall–Kier alpha value is -2.46. The number of benzene rings is 2. The Balaban J connectivity index is 2.35. The molecule has 1 aromatic heterocycles. The second-order valence-corrected chi connectivity index (χ2v) is 5.19. The maximum atomic E-state index is 12.6. The van der Waals surface area contributed by atoms with Gasteiger partial charge in [-0.25, -0.2) is 0 Å². The molecule has 2 aromatic carbocycles. The molecule has 1 heterocycles. The zero-order valence-electron chi connectivity index (χ0n) is 11.1. The number of fused-ring (bicyclic) bond motifs is 1. The standard InChI is InChI=1S/C16H11ClO4/c1-8-4-9(18)2-3-11(8)12-7-21-14-6-10(19)5-13(17)15(14)16(12)20/h2-7,18-19H,1H3. The van der Waals surface area contributed by atoms with Crippen molar-refractivity contribution in [3.8, 4) is 22.6 Å². The zero-order valence-corrected chi connectivity index (χ0v) is 11.8. The highest BCUT2D eigenvalue weighted by Gasteiger charge is 2.14. The van der Waals surface area contributed by atoms with Gasteiger partial charge in [-0.2, -0.15) is 0 Å². The average molecular weight is 303 g/mol. The first-order valence-electron chi connectivity index (χ1n) is 6.21. The highest BCUT2D eigenvalue weighted by Crippen LogP contribution is 2.30. The number of phenols is 2. The molecule has 0 aliphatic carbocycles. The molecule has 0 aliphatic rings. The summed E-state index contributed by atoms with van der Waals surface area (Å²) in [6, 6.07) is 7.36. The lowest BCUT2D eigenvalue weighted by molar-refractivity contribution is 0.473. The summed E-state index contributed by atoms with van der Waals surface area (Å²) >= 11 is 6.03. The normalized spacial score (nSPS) is 11.0. The number of halogens is 1. The van der Waals surface area contributed by atoms with E-state index in [1.807, 2.05) is 0 Å². The Morgan fingerprint density at radius 2 is 1.81 bits per heavy atom. The van der Waals surface area contributed by atoms with Gasteiger partial charge in [-0.3, -0.25) is 4.79 Å². The van der Waals surface area contributed by atoms with Gasteiger partial charge in [0.25, 0.3) is 0 Å². The molecular weight excluding hydrogens is 292 g/mol. The maximum Gasteiger partial charge on any atom is 0.202 e. The van der Waals surface area contributed by atoms with Crippen LogP contribution in [0.25, 0.3) is 22.1 Å². The molecule has 3 rings (SSSR count). The summed E-state index contributed by atoms with van der Waals surface area (Å²) in [6.07, 6.45) is 1.33. The van der Waals surface area contributed by atoms with E-state index >= 15 is 0 Å². The number of hydrogen-bond acceptors (Lipinski definition) is 4. The number of phenolic OH excluding ortho intramolecular Hbond substituents is 2. The molecular formula is C16H11ClO4. The molecule has 106 valence electrons. The van der Waals surface area contributed by atoms with Crippen molar-refractivity contribution in [3.05, 3.63) is 57.4 Å². The summed E-state index contributed by atoms with van der Waals surface area (Å²) in [5.41, 5.74) is 1.71. The molecule has 0 bridgehead atoms. The van der Waals surface area contributed by atoms with Crippen LogP contribution in [0.4, 0.5) is 0 Å². The molecule has 0 aliphatic heterocycles. The third-order valence-corrected chi connectivity index (χ3v) is 3.61. The number of aryl methyl sites for hydroxylation is 1. The predicted octanol–water partition coefficient (Wildman–Crippen LogP) is 3.83. The van der Waals surface area contributed by atoms with Gasteiger partial charge < -0.3 is 14.6 Å². The van der Waals surface area contributed by atoms with E-state index in [0.29, 0.717) is 11.1 Å². The SMILES string of the molecule is Cc1cc(O)ccc1-c1coc2cc(O)cc(Cl)c2c1=O. The molecule has 2 N–H and O–H groups in total. The highest BCUT2D eigenvalue weighted by atomic mass is 35.5. The summed E-state index contributed by atoms with van der Waals surface area (Å²) in [7, 11) is 0. The fourth-order valence-corrected chi connectivity index (χ4v) is 2.62. The van der Waals surface area contributed by atoms with Crippen LogP contribution in [0.5, 0.6) is 11.5 Å². The van der Waals surface area contributed by atoms with Crippen LogP contribution in [0.15, 0.2) is 45.8 Å². The fraction of sp³-hybridized carbons (Fsp3) is 0.0625. The number of rotatable bonds is 1. The first kappa shape index (κ1) is 13.5. The fourth-order valence-electron chi connectivity index (χ4n) is 2.33. The van der Waals surface area contributed by atoms with Crippen molar-refractivity contribution < 1.29 is 14.6 Å². The van der Waals surface area contributed by atoms with Crippen LogP contribution >= 0.6 is 11.6 Å². The van der Waals surface area contributed by atoms with Gasteiger partial charge in [0.15, 0.2) is 0 Å². The van der Waals surface area contributed by atoms with Crippen LogP contribution in [0, 0.1) is 6.92 Å². The molecule has 5 heteroatoms. The van der Waals surface area contributed by atoms with Crippen molar-refractivity contribution in [3.63, 3.8) is 0 Å². The zero-order chi connectivity index (χ0) is 15.1. The average Bonchev–Trinajstić information content (AvgIpc) is 2.39. The van der Waals surface area contributed by atoms with Crippen LogP contribution in [-0.2, 0) is 0 Å². The molecule has 0 atom stereocenters. The van der Waals surface area contributed by atoms with Gasteiger partial charge in [0, 0.05) is 6.07 Å². The van der Waals surface area contributed by atoms with E-state index < -0.39 is 0 Å². The monoisotopic (exact) mass is 302 g/mol. The third-order valence-electron chi connectivity index (χ3n) is 3.31. The first-order chi connectivity index (χ1) is 9.97. The van der Waals surface area contributed by atoms with Gasteiger partial charge in [-0.1, -0.05) is 17.7 Å². The lowest BCUT2D eigenvalue weighted by Gasteiger charge is -2.07. The lowest BCUT2D eigenvalue weighted by Crippen LogP contribution is -2.06. The predicted molar refractivity (Wildman–Crippen MR) is 81.0 cm³/mol. The van der Waals surface area contributed by atoms with Crippen LogP contribution < -0.4 is 5.43 Å². The second-order valence-electron chi connectivity index (χ2n) is 4.78. The molecule has 0 radical (unpaired) electrons. The minimum absolute atomic E-state index is 0.0655. The number of hydrogen-bond donors (Lipinski definition) is 2. The van der Waals surface area contributed by atoms with Gasteiger partial charge in [0.1, 0.15) is 23.3 Å². The van der Waals surface area contributed by atoms with E-state index in [-0.39, 0.29) is 32.9 Å². The number of aromatic hydroxyl groups is 2. The molecule has 21 heavy (non-hydrogen) atoms. The molecule has 0 amide bonds. The molecule has 0 spiro atoms. The van der Waals surface area contributed by atoms with E-state index in [2.05, 4.69) is 0 Å².